The van der Waals surface area contributed by atoms with Crippen molar-refractivity contribution < 1.29 is 71.1 Å². The highest BCUT2D eigenvalue weighted by Gasteiger charge is 2.38. The number of rotatable bonds is 28. The van der Waals surface area contributed by atoms with Crippen LogP contribution in [-0.2, 0) is 69.7 Å². The van der Waals surface area contributed by atoms with Crippen LogP contribution in [0.25, 0.3) is 0 Å². The van der Waals surface area contributed by atoms with Gasteiger partial charge in [-0.25, -0.2) is 22.7 Å². The molecule has 23 nitrogen and oxygen atoms in total. The summed E-state index contributed by atoms with van der Waals surface area (Å²) in [7, 11) is -4.33. The molecule has 0 unspecified atom stereocenters. The Morgan fingerprint density at radius 1 is 0.594 bits per heavy atom. The molecule has 0 fully saturated rings. The second kappa shape index (κ2) is 32.1. The van der Waals surface area contributed by atoms with Gasteiger partial charge in [-0.1, -0.05) is 127 Å². The Kier molecular flexibility index (Phi) is 23.9. The van der Waals surface area contributed by atoms with E-state index >= 15 is 4.79 Å². The van der Waals surface area contributed by atoms with Crippen LogP contribution in [0.3, 0.4) is 0 Å². The van der Waals surface area contributed by atoms with Crippen molar-refractivity contribution in [1.29, 1.82) is 0 Å². The molecule has 5 atom stereocenters. The Labute approximate surface area is 558 Å². The predicted molar refractivity (Wildman–Crippen MR) is 359 cm³/mol. The van der Waals surface area contributed by atoms with Gasteiger partial charge in [-0.2, -0.15) is 0 Å². The molecular weight excluding hydrogens is 1250 g/mol. The van der Waals surface area contributed by atoms with Crippen LogP contribution in [0.5, 0.6) is 23.0 Å². The number of aliphatic imine (C=N–C) groups is 1. The van der Waals surface area contributed by atoms with Crippen molar-refractivity contribution in [1.82, 2.24) is 31.3 Å². The van der Waals surface area contributed by atoms with Gasteiger partial charge in [0.2, 0.25) is 29.6 Å². The highest BCUT2D eigenvalue weighted by Crippen LogP contribution is 2.44. The van der Waals surface area contributed by atoms with E-state index in [9.17, 15) is 42.6 Å². The van der Waals surface area contributed by atoms with E-state index in [1.165, 1.54) is 36.4 Å². The van der Waals surface area contributed by atoms with Crippen LogP contribution in [0, 0.1) is 20.8 Å². The summed E-state index contributed by atoms with van der Waals surface area (Å²) in [5.41, 5.74) is 10.1. The molecule has 0 saturated heterocycles. The molecule has 5 amide bonds. The SMILES string of the molecule is Cc1c(C)c(S(=O)(=O)NC(N)=NCCC[C@H](NC(=O)[C@@H](NC(=O)OC(C)(C)C)c2ccc(O)cc2)C(=O)N[C@@H](C(=O)N[C@@H](CO)C(=O)N[C@@H](C(=O)OCc2ccccc2)c2ccc(OCc3ccccc3)cc2)c2ccc(OCc3ccccc3)cc2)c(C)c2c1OC(C)(C)C2. The van der Waals surface area contributed by atoms with Crippen LogP contribution < -0.4 is 51.3 Å². The number of hydrogen-bond donors (Lipinski definition) is 9. The molecule has 506 valence electrons. The molecule has 96 heavy (non-hydrogen) atoms. The summed E-state index contributed by atoms with van der Waals surface area (Å²) in [5, 5.41) is 34.2. The number of carbonyl (C=O) groups is 6. The highest BCUT2D eigenvalue weighted by atomic mass is 32.2. The minimum atomic E-state index is -4.33. The number of alkyl carbamates (subject to hydrolysis) is 1. The van der Waals surface area contributed by atoms with E-state index in [-0.39, 0.29) is 66.5 Å². The minimum Gasteiger partial charge on any atom is -0.508 e. The smallest absolute Gasteiger partial charge is 0.408 e. The number of phenols is 1. The maximum Gasteiger partial charge on any atom is 0.408 e. The van der Waals surface area contributed by atoms with Crippen molar-refractivity contribution in [3.8, 4) is 23.0 Å². The number of phenolic OH excluding ortho intramolecular Hbond substituents is 1. The standard InChI is InChI=1S/C72H82N8O15S/c1-44-45(2)63(46(3)56-39-72(7,8)94-62(44)56)96(89,90)80-69(73)74-38-18-25-57(75-67(86)60(50-26-32-53(82)33-27-50)79-70(88)95-71(4,5)6)64(83)77-59(51-28-34-54(35-29-51)91-41-47-19-12-9-13-20-47)66(85)76-58(40-81)65(84)78-61(68(87)93-43-49-23-16-11-17-24-49)52-30-36-55(37-31-52)92-42-48-21-14-10-15-22-48/h9-17,19-24,26-37,57-61,81-82H,18,25,38-43H2,1-8H3,(H,75,86)(H,76,85)(H,77,83)(H,78,84)(H,79,88)(H3,73,74,80)/t57-,58-,59+,60-,61+/m0/s1. The van der Waals surface area contributed by atoms with E-state index in [1.807, 2.05) is 74.5 Å². The first kappa shape index (κ1) is 71.4. The fraction of sp³-hybridized carbons (Fsp3) is 0.319. The number of esters is 1. The van der Waals surface area contributed by atoms with Crippen LogP contribution in [0.2, 0.25) is 0 Å². The summed E-state index contributed by atoms with van der Waals surface area (Å²) in [5.74, 6) is -4.04. The van der Waals surface area contributed by atoms with Gasteiger partial charge in [-0.15, -0.1) is 0 Å². The number of nitrogens with one attached hydrogen (secondary N) is 6. The number of aromatic hydroxyl groups is 1. The lowest BCUT2D eigenvalue weighted by Crippen LogP contribution is -2.55. The molecular formula is C72H82N8O15S. The van der Waals surface area contributed by atoms with Gasteiger partial charge in [0.1, 0.15) is 78.2 Å². The largest absolute Gasteiger partial charge is 0.508 e. The zero-order chi connectivity index (χ0) is 69.3. The summed E-state index contributed by atoms with van der Waals surface area (Å²) in [6, 6.07) is 37.3. The second-order valence-electron chi connectivity index (χ2n) is 24.7. The second-order valence-corrected chi connectivity index (χ2v) is 26.3. The van der Waals surface area contributed by atoms with Crippen LogP contribution in [0.4, 0.5) is 4.79 Å². The number of guanidine groups is 1. The molecule has 10 N–H and O–H groups in total. The Balaban J connectivity index is 1.08. The predicted octanol–water partition coefficient (Wildman–Crippen LogP) is 8.25. The first-order chi connectivity index (χ1) is 45.7. The average molecular weight is 1330 g/mol. The molecule has 8 rings (SSSR count). The maximum atomic E-state index is 15.1. The summed E-state index contributed by atoms with van der Waals surface area (Å²) in [6.07, 6.45) is -0.865. The van der Waals surface area contributed by atoms with E-state index in [4.69, 9.17) is 29.4 Å². The fourth-order valence-electron chi connectivity index (χ4n) is 10.6. The van der Waals surface area contributed by atoms with Gasteiger partial charge < -0.3 is 66.2 Å². The molecule has 7 aromatic rings. The zero-order valence-electron chi connectivity index (χ0n) is 54.8. The molecule has 0 saturated carbocycles. The molecule has 1 aliphatic heterocycles. The van der Waals surface area contributed by atoms with Crippen molar-refractivity contribution in [2.75, 3.05) is 13.2 Å². The molecule has 0 bridgehead atoms. The molecule has 1 aliphatic rings. The van der Waals surface area contributed by atoms with E-state index in [1.54, 1.807) is 108 Å². The molecule has 0 spiro atoms. The number of sulfonamides is 1. The molecule has 24 heteroatoms. The summed E-state index contributed by atoms with van der Waals surface area (Å²) < 4.78 is 60.0. The number of fused-ring (bicyclic) bond motifs is 1. The number of aliphatic hydroxyl groups is 1. The number of amides is 5. The third-order valence-electron chi connectivity index (χ3n) is 15.5. The van der Waals surface area contributed by atoms with Gasteiger partial charge in [0, 0.05) is 18.5 Å². The van der Waals surface area contributed by atoms with Crippen LogP contribution in [0.15, 0.2) is 174 Å². The van der Waals surface area contributed by atoms with E-state index in [2.05, 4.69) is 36.3 Å². The van der Waals surface area contributed by atoms with Crippen molar-refractivity contribution in [2.24, 2.45) is 10.7 Å². The minimum absolute atomic E-state index is 0.0233. The van der Waals surface area contributed by atoms with E-state index in [0.717, 1.165) is 16.7 Å². The summed E-state index contributed by atoms with van der Waals surface area (Å²) in [6.45, 7) is 12.9. The van der Waals surface area contributed by atoms with Gasteiger partial charge in [0.05, 0.1) is 11.5 Å². The van der Waals surface area contributed by atoms with Gasteiger partial charge in [-0.3, -0.25) is 24.2 Å². The van der Waals surface area contributed by atoms with Gasteiger partial charge in [0.25, 0.3) is 10.0 Å². The van der Waals surface area contributed by atoms with Gasteiger partial charge >= 0.3 is 12.1 Å². The third kappa shape index (κ3) is 19.8. The lowest BCUT2D eigenvalue weighted by Gasteiger charge is -2.27. The lowest BCUT2D eigenvalue weighted by atomic mass is 9.94. The van der Waals surface area contributed by atoms with E-state index in [0.29, 0.717) is 45.9 Å². The van der Waals surface area contributed by atoms with Crippen molar-refractivity contribution in [2.45, 2.75) is 141 Å². The molecule has 0 aromatic heterocycles. The van der Waals surface area contributed by atoms with Gasteiger partial charge in [-0.05, 0) is 155 Å². The summed E-state index contributed by atoms with van der Waals surface area (Å²) >= 11 is 0. The topological polar surface area (TPSA) is 334 Å². The monoisotopic (exact) mass is 1330 g/mol. The van der Waals surface area contributed by atoms with Crippen molar-refractivity contribution in [3.05, 3.63) is 219 Å². The number of hydrogen-bond acceptors (Lipinski definition) is 16. The molecule has 7 aromatic carbocycles. The van der Waals surface area contributed by atoms with Gasteiger partial charge in [0.15, 0.2) is 6.04 Å². The number of ether oxygens (including phenoxy) is 5. The van der Waals surface area contributed by atoms with Crippen molar-refractivity contribution in [3.63, 3.8) is 0 Å². The van der Waals surface area contributed by atoms with E-state index < -0.39 is 99.7 Å². The lowest BCUT2D eigenvalue weighted by molar-refractivity contribution is -0.149. The number of nitrogens with two attached hydrogens (primary N) is 1. The van der Waals surface area contributed by atoms with Crippen molar-refractivity contribution >= 4 is 51.7 Å². The fourth-order valence-corrected chi connectivity index (χ4v) is 12.1. The third-order valence-corrected chi connectivity index (χ3v) is 17.2. The molecule has 0 aliphatic carbocycles. The maximum absolute atomic E-state index is 15.1. The normalized spacial score (nSPS) is 14.2. The average Bonchev–Trinajstić information content (AvgIpc) is 1.54. The Bertz CT molecular complexity index is 4000. The zero-order valence-corrected chi connectivity index (χ0v) is 55.6. The van der Waals surface area contributed by atoms with Crippen LogP contribution in [-0.4, -0.2) is 96.7 Å². The number of aliphatic hydroxyl groups excluding tert-OH is 1. The first-order valence-electron chi connectivity index (χ1n) is 31.2. The highest BCUT2D eigenvalue weighted by molar-refractivity contribution is 7.90. The summed E-state index contributed by atoms with van der Waals surface area (Å²) in [4.78, 5) is 91.0. The number of benzene rings is 7. The first-order valence-corrected chi connectivity index (χ1v) is 32.6. The van der Waals surface area contributed by atoms with Crippen LogP contribution in [0.1, 0.15) is 121 Å². The van der Waals surface area contributed by atoms with Crippen LogP contribution >= 0.6 is 0 Å². The Morgan fingerprint density at radius 2 is 1.05 bits per heavy atom. The molecule has 0 radical (unpaired) electrons. The Hall–Kier alpha value is -10.5. The number of carbonyl (C=O) groups excluding carboxylic acids is 6. The Morgan fingerprint density at radius 3 is 1.56 bits per heavy atom. The molecule has 1 heterocycles. The quantitative estimate of drug-likeness (QED) is 0.00964. The number of nitrogens with zero attached hydrogens (tertiary/aromatic N) is 1.